The molecule has 4 heteroatoms. The van der Waals surface area contributed by atoms with Gasteiger partial charge in [-0.05, 0) is 43.5 Å². The third kappa shape index (κ3) is 2.74. The van der Waals surface area contributed by atoms with Crippen LogP contribution in [0.5, 0.6) is 0 Å². The lowest BCUT2D eigenvalue weighted by Gasteiger charge is -2.36. The summed E-state index contributed by atoms with van der Waals surface area (Å²) in [5.41, 5.74) is 1.67. The molecule has 1 heterocycles. The Morgan fingerprint density at radius 3 is 2.53 bits per heavy atom. The molecule has 0 unspecified atom stereocenters. The first-order valence-corrected chi connectivity index (χ1v) is 6.97. The zero-order chi connectivity index (χ0) is 13.3. The highest BCUT2D eigenvalue weighted by Crippen LogP contribution is 2.36. The van der Waals surface area contributed by atoms with Gasteiger partial charge in [0.25, 0.3) is 0 Å². The number of benzene rings is 1. The molecule has 1 aromatic rings. The van der Waals surface area contributed by atoms with Crippen LogP contribution in [0.4, 0.5) is 10.1 Å². The molecule has 0 atom stereocenters. The predicted molar refractivity (Wildman–Crippen MR) is 71.7 cm³/mol. The van der Waals surface area contributed by atoms with Crippen LogP contribution in [-0.2, 0) is 9.47 Å². The van der Waals surface area contributed by atoms with Crippen LogP contribution in [0.25, 0.3) is 0 Å². The summed E-state index contributed by atoms with van der Waals surface area (Å²) in [6, 6.07) is 5.60. The molecule has 0 bridgehead atoms. The zero-order valence-electron chi connectivity index (χ0n) is 11.2. The van der Waals surface area contributed by atoms with Crippen LogP contribution < -0.4 is 5.32 Å². The smallest absolute Gasteiger partial charge is 0.168 e. The van der Waals surface area contributed by atoms with E-state index in [1.807, 2.05) is 6.07 Å². The Morgan fingerprint density at radius 2 is 1.89 bits per heavy atom. The van der Waals surface area contributed by atoms with Crippen molar-refractivity contribution >= 4 is 5.69 Å². The van der Waals surface area contributed by atoms with Gasteiger partial charge in [-0.1, -0.05) is 0 Å². The normalized spacial score (nSPS) is 22.8. The second-order valence-electron chi connectivity index (χ2n) is 5.49. The molecule has 1 saturated heterocycles. The number of rotatable bonds is 2. The molecule has 0 radical (unpaired) electrons. The molecule has 19 heavy (non-hydrogen) atoms. The Kier molecular flexibility index (Phi) is 3.46. The summed E-state index contributed by atoms with van der Waals surface area (Å²) in [6.07, 6.45) is 3.92. The third-order valence-corrected chi connectivity index (χ3v) is 4.09. The van der Waals surface area contributed by atoms with Crippen LogP contribution in [0, 0.1) is 12.7 Å². The van der Waals surface area contributed by atoms with Gasteiger partial charge in [-0.15, -0.1) is 0 Å². The number of aryl methyl sites for hydroxylation is 1. The van der Waals surface area contributed by atoms with Gasteiger partial charge in [-0.25, -0.2) is 4.39 Å². The second kappa shape index (κ2) is 5.10. The molecule has 3 rings (SSSR count). The molecule has 1 aliphatic carbocycles. The third-order valence-electron chi connectivity index (χ3n) is 4.09. The Hall–Kier alpha value is -1.13. The van der Waals surface area contributed by atoms with Gasteiger partial charge in [0.1, 0.15) is 5.82 Å². The van der Waals surface area contributed by atoms with E-state index in [-0.39, 0.29) is 11.6 Å². The van der Waals surface area contributed by atoms with Gasteiger partial charge in [0, 0.05) is 24.6 Å². The van der Waals surface area contributed by atoms with Crippen LogP contribution in [0.3, 0.4) is 0 Å². The van der Waals surface area contributed by atoms with Gasteiger partial charge in [0.05, 0.1) is 13.2 Å². The predicted octanol–water partition coefficient (Wildman–Crippen LogP) is 3.23. The van der Waals surface area contributed by atoms with Gasteiger partial charge in [-0.3, -0.25) is 0 Å². The van der Waals surface area contributed by atoms with E-state index in [1.54, 1.807) is 13.0 Å². The lowest BCUT2D eigenvalue weighted by molar-refractivity contribution is -0.177. The van der Waals surface area contributed by atoms with E-state index in [1.165, 1.54) is 6.07 Å². The van der Waals surface area contributed by atoms with Crippen LogP contribution >= 0.6 is 0 Å². The molecule has 1 aromatic carbocycles. The van der Waals surface area contributed by atoms with Crippen molar-refractivity contribution in [1.82, 2.24) is 0 Å². The van der Waals surface area contributed by atoms with E-state index in [2.05, 4.69) is 5.32 Å². The molecular weight excluding hydrogens is 245 g/mol. The lowest BCUT2D eigenvalue weighted by Crippen LogP contribution is -2.39. The Bertz CT molecular complexity index is 447. The molecule has 1 N–H and O–H groups in total. The van der Waals surface area contributed by atoms with Crippen LogP contribution in [0.2, 0.25) is 0 Å². The molecule has 1 spiro atoms. The number of anilines is 1. The van der Waals surface area contributed by atoms with Gasteiger partial charge in [0.2, 0.25) is 0 Å². The average molecular weight is 265 g/mol. The van der Waals surface area contributed by atoms with Crippen LogP contribution in [0.1, 0.15) is 31.2 Å². The summed E-state index contributed by atoms with van der Waals surface area (Å²) >= 11 is 0. The van der Waals surface area contributed by atoms with Crippen LogP contribution in [0.15, 0.2) is 18.2 Å². The first-order valence-electron chi connectivity index (χ1n) is 6.97. The van der Waals surface area contributed by atoms with Crippen molar-refractivity contribution in [2.75, 3.05) is 18.5 Å². The largest absolute Gasteiger partial charge is 0.382 e. The van der Waals surface area contributed by atoms with E-state index in [0.29, 0.717) is 11.6 Å². The summed E-state index contributed by atoms with van der Waals surface area (Å²) in [6.45, 7) is 3.22. The maximum Gasteiger partial charge on any atom is 0.168 e. The maximum absolute atomic E-state index is 13.2. The van der Waals surface area contributed by atoms with Gasteiger partial charge >= 0.3 is 0 Å². The molecule has 104 valence electrons. The quantitative estimate of drug-likeness (QED) is 0.890. The number of halogens is 1. The fourth-order valence-electron chi connectivity index (χ4n) is 2.96. The van der Waals surface area contributed by atoms with E-state index in [9.17, 15) is 4.39 Å². The minimum Gasteiger partial charge on any atom is -0.382 e. The van der Waals surface area contributed by atoms with E-state index >= 15 is 0 Å². The molecule has 1 aliphatic heterocycles. The van der Waals surface area contributed by atoms with Crippen LogP contribution in [-0.4, -0.2) is 25.0 Å². The van der Waals surface area contributed by atoms with Crippen molar-refractivity contribution in [3.63, 3.8) is 0 Å². The van der Waals surface area contributed by atoms with Gasteiger partial charge < -0.3 is 14.8 Å². The van der Waals surface area contributed by atoms with Crippen molar-refractivity contribution in [3.8, 4) is 0 Å². The molecule has 0 aromatic heterocycles. The Balaban J connectivity index is 1.58. The summed E-state index contributed by atoms with van der Waals surface area (Å²) in [4.78, 5) is 0. The number of nitrogens with one attached hydrogen (secondary N) is 1. The monoisotopic (exact) mass is 265 g/mol. The summed E-state index contributed by atoms with van der Waals surface area (Å²) in [7, 11) is 0. The standard InChI is InChI=1S/C15H20FNO2/c1-11-10-13(2-3-14(11)16)17-12-4-6-15(7-5-12)18-8-9-19-15/h2-3,10,12,17H,4-9H2,1H3. The maximum atomic E-state index is 13.2. The summed E-state index contributed by atoms with van der Waals surface area (Å²) in [5.74, 6) is -0.461. The van der Waals surface area contributed by atoms with Gasteiger partial charge in [-0.2, -0.15) is 0 Å². The van der Waals surface area contributed by atoms with Crippen molar-refractivity contribution < 1.29 is 13.9 Å². The highest BCUT2D eigenvalue weighted by Gasteiger charge is 2.40. The zero-order valence-corrected chi connectivity index (χ0v) is 11.2. The van der Waals surface area contributed by atoms with E-state index in [0.717, 1.165) is 44.6 Å². The van der Waals surface area contributed by atoms with Crippen molar-refractivity contribution in [2.24, 2.45) is 0 Å². The van der Waals surface area contributed by atoms with E-state index < -0.39 is 0 Å². The fourth-order valence-corrected chi connectivity index (χ4v) is 2.96. The Labute approximate surface area is 113 Å². The number of ether oxygens (including phenoxy) is 2. The molecule has 0 amide bonds. The molecular formula is C15H20FNO2. The van der Waals surface area contributed by atoms with Crippen molar-refractivity contribution in [2.45, 2.75) is 44.4 Å². The molecule has 2 aliphatic rings. The SMILES string of the molecule is Cc1cc(NC2CCC3(CC2)OCCO3)ccc1F. The van der Waals surface area contributed by atoms with E-state index in [4.69, 9.17) is 9.47 Å². The Morgan fingerprint density at radius 1 is 1.21 bits per heavy atom. The lowest BCUT2D eigenvalue weighted by atomic mass is 9.90. The summed E-state index contributed by atoms with van der Waals surface area (Å²) in [5, 5.41) is 3.48. The van der Waals surface area contributed by atoms with Crippen molar-refractivity contribution in [1.29, 1.82) is 0 Å². The first-order chi connectivity index (χ1) is 9.17. The first kappa shape index (κ1) is 12.9. The summed E-state index contributed by atoms with van der Waals surface area (Å²) < 4.78 is 24.6. The molecule has 1 saturated carbocycles. The molecule has 2 fully saturated rings. The highest BCUT2D eigenvalue weighted by molar-refractivity contribution is 5.46. The molecule has 3 nitrogen and oxygen atoms in total. The minimum absolute atomic E-state index is 0.152. The topological polar surface area (TPSA) is 30.5 Å². The fraction of sp³-hybridized carbons (Fsp3) is 0.600. The number of hydrogen-bond acceptors (Lipinski definition) is 3. The second-order valence-corrected chi connectivity index (χ2v) is 5.49. The number of hydrogen-bond donors (Lipinski definition) is 1. The minimum atomic E-state index is -0.309. The highest BCUT2D eigenvalue weighted by atomic mass is 19.1. The average Bonchev–Trinajstić information content (AvgIpc) is 2.86. The van der Waals surface area contributed by atoms with Gasteiger partial charge in [0.15, 0.2) is 5.79 Å². The van der Waals surface area contributed by atoms with Crippen molar-refractivity contribution in [3.05, 3.63) is 29.6 Å².